The molecule has 0 radical (unpaired) electrons. The highest BCUT2D eigenvalue weighted by Gasteiger charge is 2.26. The second kappa shape index (κ2) is 8.83. The van der Waals surface area contributed by atoms with Gasteiger partial charge in [0.1, 0.15) is 0 Å². The minimum absolute atomic E-state index is 0.0723. The Labute approximate surface area is 122 Å². The number of rotatable bonds is 7. The van der Waals surface area contributed by atoms with Crippen LogP contribution in [0.2, 0.25) is 0 Å². The highest BCUT2D eigenvalue weighted by molar-refractivity contribution is 6.67. The Morgan fingerprint density at radius 1 is 1.11 bits per heavy atom. The van der Waals surface area contributed by atoms with Crippen LogP contribution in [0.15, 0.2) is 0 Å². The van der Waals surface area contributed by atoms with Crippen LogP contribution in [0.25, 0.3) is 0 Å². The number of hydrogen-bond acceptors (Lipinski definition) is 4. The van der Waals surface area contributed by atoms with Crippen molar-refractivity contribution in [2.75, 3.05) is 13.2 Å². The van der Waals surface area contributed by atoms with Gasteiger partial charge in [-0.25, -0.2) is 0 Å². The Balaban J connectivity index is 4.04. The number of hydrogen-bond donors (Lipinski definition) is 0. The lowest BCUT2D eigenvalue weighted by Gasteiger charge is -2.20. The molecule has 0 spiro atoms. The fourth-order valence-electron chi connectivity index (χ4n) is 1.39. The van der Waals surface area contributed by atoms with Gasteiger partial charge in [-0.05, 0) is 18.8 Å². The van der Waals surface area contributed by atoms with Crippen LogP contribution < -0.4 is 0 Å². The molecule has 18 heavy (non-hydrogen) atoms. The number of carbonyl (C=O) groups excluding carboxylic acids is 2. The average molecular weight is 320 g/mol. The molecule has 4 nitrogen and oxygen atoms in total. The van der Waals surface area contributed by atoms with Crippen LogP contribution >= 0.6 is 34.8 Å². The molecule has 1 atom stereocenters. The van der Waals surface area contributed by atoms with Gasteiger partial charge in [-0.2, -0.15) is 0 Å². The zero-order valence-electron chi connectivity index (χ0n) is 10.4. The smallest absolute Gasteiger partial charge is 0.302 e. The lowest BCUT2D eigenvalue weighted by molar-refractivity contribution is -0.142. The van der Waals surface area contributed by atoms with Crippen LogP contribution in [0.5, 0.6) is 0 Å². The summed E-state index contributed by atoms with van der Waals surface area (Å²) in [6.45, 7) is 3.18. The van der Waals surface area contributed by atoms with E-state index in [-0.39, 0.29) is 30.9 Å². The van der Waals surface area contributed by atoms with Crippen molar-refractivity contribution >= 4 is 46.7 Å². The molecule has 1 unspecified atom stereocenters. The Kier molecular flexibility index (Phi) is 8.74. The van der Waals surface area contributed by atoms with E-state index in [0.717, 1.165) is 0 Å². The first-order chi connectivity index (χ1) is 8.20. The van der Waals surface area contributed by atoms with Gasteiger partial charge in [0.15, 0.2) is 3.79 Å². The first-order valence-electron chi connectivity index (χ1n) is 5.54. The molecule has 0 rings (SSSR count). The molecule has 0 aromatic carbocycles. The molecular formula is C11H17Cl3O4. The maximum Gasteiger partial charge on any atom is 0.302 e. The van der Waals surface area contributed by atoms with E-state index >= 15 is 0 Å². The van der Waals surface area contributed by atoms with E-state index in [1.807, 2.05) is 0 Å². The SMILES string of the molecule is CC(=O)OCCCC(COC(C)=O)CC(Cl)(Cl)Cl. The molecule has 106 valence electrons. The van der Waals surface area contributed by atoms with E-state index in [4.69, 9.17) is 44.3 Å². The van der Waals surface area contributed by atoms with Crippen LogP contribution in [0.1, 0.15) is 33.1 Å². The number of carbonyl (C=O) groups is 2. The number of alkyl halides is 3. The summed E-state index contributed by atoms with van der Waals surface area (Å²) in [4.78, 5) is 21.3. The first-order valence-corrected chi connectivity index (χ1v) is 6.67. The molecule has 0 heterocycles. The lowest BCUT2D eigenvalue weighted by Crippen LogP contribution is -2.19. The largest absolute Gasteiger partial charge is 0.466 e. The van der Waals surface area contributed by atoms with Gasteiger partial charge in [-0.15, -0.1) is 0 Å². The standard InChI is InChI=1S/C11H17Cl3O4/c1-8(15)17-5-3-4-10(6-11(12,13)14)7-18-9(2)16/h10H,3-7H2,1-2H3. The third kappa shape index (κ3) is 12.3. The number of halogens is 3. The molecule has 7 heteroatoms. The fourth-order valence-corrected chi connectivity index (χ4v) is 2.05. The Morgan fingerprint density at radius 3 is 2.11 bits per heavy atom. The zero-order valence-corrected chi connectivity index (χ0v) is 12.6. The summed E-state index contributed by atoms with van der Waals surface area (Å²) in [5, 5.41) is 0. The van der Waals surface area contributed by atoms with Crippen molar-refractivity contribution in [3.8, 4) is 0 Å². The van der Waals surface area contributed by atoms with E-state index in [1.165, 1.54) is 13.8 Å². The molecule has 0 bridgehead atoms. The summed E-state index contributed by atoms with van der Waals surface area (Å²) in [7, 11) is 0. The summed E-state index contributed by atoms with van der Waals surface area (Å²) in [5.41, 5.74) is 0. The Morgan fingerprint density at radius 2 is 1.67 bits per heavy atom. The second-order valence-corrected chi connectivity index (χ2v) is 6.49. The Bertz CT molecular complexity index is 276. The van der Waals surface area contributed by atoms with Crippen LogP contribution in [0.3, 0.4) is 0 Å². The number of esters is 2. The van der Waals surface area contributed by atoms with E-state index in [1.54, 1.807) is 0 Å². The molecule has 0 aromatic rings. The average Bonchev–Trinajstić information content (AvgIpc) is 2.18. The van der Waals surface area contributed by atoms with Crippen LogP contribution in [-0.4, -0.2) is 28.9 Å². The molecule has 0 aliphatic carbocycles. The predicted molar refractivity (Wildman–Crippen MR) is 70.9 cm³/mol. The van der Waals surface area contributed by atoms with Crippen LogP contribution in [0, 0.1) is 5.92 Å². The number of ether oxygens (including phenoxy) is 2. The van der Waals surface area contributed by atoms with Crippen LogP contribution in [-0.2, 0) is 19.1 Å². The fraction of sp³-hybridized carbons (Fsp3) is 0.818. The van der Waals surface area contributed by atoms with Gasteiger partial charge in [0.25, 0.3) is 0 Å². The Hall–Kier alpha value is -0.190. The highest BCUT2D eigenvalue weighted by Crippen LogP contribution is 2.35. The van der Waals surface area contributed by atoms with Crippen molar-refractivity contribution in [2.45, 2.75) is 36.9 Å². The molecule has 0 saturated carbocycles. The van der Waals surface area contributed by atoms with Gasteiger partial charge < -0.3 is 9.47 Å². The monoisotopic (exact) mass is 318 g/mol. The molecule has 0 aromatic heterocycles. The van der Waals surface area contributed by atoms with Gasteiger partial charge in [0, 0.05) is 20.3 Å². The zero-order chi connectivity index (χ0) is 14.2. The minimum atomic E-state index is -1.38. The molecule has 0 aliphatic rings. The lowest BCUT2D eigenvalue weighted by atomic mass is 10.0. The summed E-state index contributed by atoms with van der Waals surface area (Å²) < 4.78 is 8.33. The summed E-state index contributed by atoms with van der Waals surface area (Å²) in [6.07, 6.45) is 1.56. The van der Waals surface area contributed by atoms with Crippen molar-refractivity contribution < 1.29 is 19.1 Å². The topological polar surface area (TPSA) is 52.6 Å². The maximum atomic E-state index is 10.7. The molecule has 0 aliphatic heterocycles. The van der Waals surface area contributed by atoms with E-state index in [2.05, 4.69) is 0 Å². The van der Waals surface area contributed by atoms with E-state index in [0.29, 0.717) is 19.4 Å². The minimum Gasteiger partial charge on any atom is -0.466 e. The van der Waals surface area contributed by atoms with Crippen molar-refractivity contribution in [1.82, 2.24) is 0 Å². The second-order valence-electron chi connectivity index (χ2n) is 3.97. The first kappa shape index (κ1) is 17.8. The van der Waals surface area contributed by atoms with E-state index in [9.17, 15) is 9.59 Å². The molecule has 0 fully saturated rings. The van der Waals surface area contributed by atoms with Crippen molar-refractivity contribution in [1.29, 1.82) is 0 Å². The third-order valence-electron chi connectivity index (χ3n) is 2.10. The van der Waals surface area contributed by atoms with Crippen molar-refractivity contribution in [3.05, 3.63) is 0 Å². The quantitative estimate of drug-likeness (QED) is 0.410. The predicted octanol–water partition coefficient (Wildman–Crippen LogP) is 3.27. The van der Waals surface area contributed by atoms with Gasteiger partial charge >= 0.3 is 11.9 Å². The van der Waals surface area contributed by atoms with Crippen LogP contribution in [0.4, 0.5) is 0 Å². The molecule has 0 amide bonds. The van der Waals surface area contributed by atoms with Crippen molar-refractivity contribution in [2.24, 2.45) is 5.92 Å². The third-order valence-corrected chi connectivity index (χ3v) is 2.57. The summed E-state index contributed by atoms with van der Waals surface area (Å²) >= 11 is 17.1. The highest BCUT2D eigenvalue weighted by atomic mass is 35.6. The molecular weight excluding hydrogens is 302 g/mol. The van der Waals surface area contributed by atoms with E-state index < -0.39 is 3.79 Å². The van der Waals surface area contributed by atoms with Gasteiger partial charge in [-0.1, -0.05) is 34.8 Å². The summed E-state index contributed by atoms with van der Waals surface area (Å²) in [6, 6.07) is 0. The molecule has 0 saturated heterocycles. The van der Waals surface area contributed by atoms with Gasteiger partial charge in [0.2, 0.25) is 0 Å². The normalized spacial score (nSPS) is 12.9. The van der Waals surface area contributed by atoms with Gasteiger partial charge in [-0.3, -0.25) is 9.59 Å². The van der Waals surface area contributed by atoms with Gasteiger partial charge in [0.05, 0.1) is 13.2 Å². The van der Waals surface area contributed by atoms with Crippen molar-refractivity contribution in [3.63, 3.8) is 0 Å². The molecule has 0 N–H and O–H groups in total. The summed E-state index contributed by atoms with van der Waals surface area (Å²) in [5.74, 6) is -0.769. The maximum absolute atomic E-state index is 10.7.